The Morgan fingerprint density at radius 1 is 1.44 bits per heavy atom. The molecule has 0 radical (unpaired) electrons. The third kappa shape index (κ3) is 3.60. The summed E-state index contributed by atoms with van der Waals surface area (Å²) in [5.74, 6) is -0.907. The summed E-state index contributed by atoms with van der Waals surface area (Å²) < 4.78 is 0. The van der Waals surface area contributed by atoms with E-state index in [1.807, 2.05) is 14.1 Å². The van der Waals surface area contributed by atoms with Gasteiger partial charge in [0.05, 0.1) is 5.41 Å². The summed E-state index contributed by atoms with van der Waals surface area (Å²) in [5.41, 5.74) is -0.934. The molecule has 0 aromatic carbocycles. The average molecular weight is 257 g/mol. The van der Waals surface area contributed by atoms with E-state index in [2.05, 4.69) is 10.2 Å². The van der Waals surface area contributed by atoms with Crippen LogP contribution in [0.1, 0.15) is 20.3 Å². The zero-order valence-corrected chi connectivity index (χ0v) is 11.6. The zero-order chi connectivity index (χ0) is 13.9. The number of carbonyl (C=O) groups is 2. The van der Waals surface area contributed by atoms with Gasteiger partial charge in [0.15, 0.2) is 0 Å². The molecule has 1 rings (SSSR count). The zero-order valence-electron chi connectivity index (χ0n) is 11.6. The number of hydrogen-bond acceptors (Lipinski definition) is 3. The first-order valence-corrected chi connectivity index (χ1v) is 6.16. The van der Waals surface area contributed by atoms with Crippen LogP contribution in [0.4, 0.5) is 4.79 Å². The van der Waals surface area contributed by atoms with Gasteiger partial charge in [-0.3, -0.25) is 4.79 Å². The fourth-order valence-corrected chi connectivity index (χ4v) is 1.83. The van der Waals surface area contributed by atoms with Gasteiger partial charge in [-0.25, -0.2) is 4.79 Å². The van der Waals surface area contributed by atoms with Crippen molar-refractivity contribution in [2.24, 2.45) is 5.41 Å². The molecule has 0 spiro atoms. The number of amides is 2. The topological polar surface area (TPSA) is 72.9 Å². The van der Waals surface area contributed by atoms with Gasteiger partial charge < -0.3 is 20.2 Å². The lowest BCUT2D eigenvalue weighted by atomic mass is 9.94. The van der Waals surface area contributed by atoms with E-state index < -0.39 is 11.4 Å². The highest BCUT2D eigenvalue weighted by Crippen LogP contribution is 2.15. The van der Waals surface area contributed by atoms with Crippen LogP contribution < -0.4 is 5.32 Å². The second-order valence-electron chi connectivity index (χ2n) is 5.70. The minimum Gasteiger partial charge on any atom is -0.481 e. The number of nitrogens with one attached hydrogen (secondary N) is 1. The van der Waals surface area contributed by atoms with E-state index in [9.17, 15) is 9.59 Å². The summed E-state index contributed by atoms with van der Waals surface area (Å²) in [7, 11) is 4.00. The van der Waals surface area contributed by atoms with E-state index in [4.69, 9.17) is 5.11 Å². The fourth-order valence-electron chi connectivity index (χ4n) is 1.83. The van der Waals surface area contributed by atoms with Crippen molar-refractivity contribution in [2.45, 2.75) is 26.3 Å². The van der Waals surface area contributed by atoms with Crippen molar-refractivity contribution in [3.05, 3.63) is 0 Å². The monoisotopic (exact) mass is 257 g/mol. The number of aliphatic carboxylic acids is 1. The number of rotatable bonds is 4. The third-order valence-electron chi connectivity index (χ3n) is 3.44. The Labute approximate surface area is 108 Å². The molecule has 2 amide bonds. The molecule has 1 unspecified atom stereocenters. The number of nitrogens with zero attached hydrogens (tertiary/aromatic N) is 2. The standard InChI is InChI=1S/C12H23N3O3/c1-12(2,10(16)17)8-13-11(18)15-6-5-9(7-15)14(3)4/h9H,5-8H2,1-4H3,(H,13,18)(H,16,17). The highest BCUT2D eigenvalue weighted by Gasteiger charge is 2.31. The third-order valence-corrected chi connectivity index (χ3v) is 3.44. The van der Waals surface area contributed by atoms with Gasteiger partial charge in [0.1, 0.15) is 0 Å². The number of carboxylic acid groups (broad SMARTS) is 1. The lowest BCUT2D eigenvalue weighted by molar-refractivity contribution is -0.146. The van der Waals surface area contributed by atoms with Gasteiger partial charge in [0, 0.05) is 25.7 Å². The quantitative estimate of drug-likeness (QED) is 0.766. The molecule has 6 heteroatoms. The smallest absolute Gasteiger partial charge is 0.317 e. The van der Waals surface area contributed by atoms with Crippen LogP contribution in [0.2, 0.25) is 0 Å². The Kier molecular flexibility index (Phi) is 4.56. The maximum Gasteiger partial charge on any atom is 0.317 e. The number of likely N-dealkylation sites (tertiary alicyclic amines) is 1. The number of carboxylic acids is 1. The molecule has 6 nitrogen and oxygen atoms in total. The van der Waals surface area contributed by atoms with Gasteiger partial charge in [0.25, 0.3) is 0 Å². The molecule has 1 atom stereocenters. The summed E-state index contributed by atoms with van der Waals surface area (Å²) in [6.07, 6.45) is 0.961. The van der Waals surface area contributed by atoms with Gasteiger partial charge in [-0.2, -0.15) is 0 Å². The lowest BCUT2D eigenvalue weighted by Crippen LogP contribution is -2.45. The van der Waals surface area contributed by atoms with Crippen molar-refractivity contribution in [3.8, 4) is 0 Å². The normalized spacial score (nSPS) is 20.3. The minimum absolute atomic E-state index is 0.143. The molecule has 1 heterocycles. The second-order valence-corrected chi connectivity index (χ2v) is 5.70. The minimum atomic E-state index is -0.934. The van der Waals surface area contributed by atoms with E-state index in [1.54, 1.807) is 18.7 Å². The van der Waals surface area contributed by atoms with E-state index >= 15 is 0 Å². The first-order valence-electron chi connectivity index (χ1n) is 6.16. The van der Waals surface area contributed by atoms with Crippen molar-refractivity contribution in [3.63, 3.8) is 0 Å². The van der Waals surface area contributed by atoms with Crippen LogP contribution in [0.25, 0.3) is 0 Å². The first kappa shape index (κ1) is 14.8. The first-order chi connectivity index (χ1) is 8.24. The fraction of sp³-hybridized carbons (Fsp3) is 0.833. The van der Waals surface area contributed by atoms with Crippen LogP contribution in [-0.4, -0.2) is 66.7 Å². The number of likely N-dealkylation sites (N-methyl/N-ethyl adjacent to an activating group) is 1. The van der Waals surface area contributed by atoms with Crippen molar-refractivity contribution < 1.29 is 14.7 Å². The van der Waals surface area contributed by atoms with Crippen LogP contribution in [-0.2, 0) is 4.79 Å². The predicted molar refractivity (Wildman–Crippen MR) is 68.5 cm³/mol. The predicted octanol–water partition coefficient (Wildman–Crippen LogP) is 0.443. The van der Waals surface area contributed by atoms with E-state index in [-0.39, 0.29) is 12.6 Å². The molecule has 1 fully saturated rings. The lowest BCUT2D eigenvalue weighted by Gasteiger charge is -2.24. The average Bonchev–Trinajstić information content (AvgIpc) is 2.75. The summed E-state index contributed by atoms with van der Waals surface area (Å²) in [4.78, 5) is 26.7. The van der Waals surface area contributed by atoms with Crippen molar-refractivity contribution in [1.29, 1.82) is 0 Å². The van der Waals surface area contributed by atoms with Crippen LogP contribution >= 0.6 is 0 Å². The molecular weight excluding hydrogens is 234 g/mol. The molecule has 1 saturated heterocycles. The molecule has 1 aliphatic rings. The molecule has 0 saturated carbocycles. The highest BCUT2D eigenvalue weighted by molar-refractivity contribution is 5.77. The Hall–Kier alpha value is -1.30. The molecule has 0 aromatic rings. The highest BCUT2D eigenvalue weighted by atomic mass is 16.4. The van der Waals surface area contributed by atoms with E-state index in [0.29, 0.717) is 12.6 Å². The maximum absolute atomic E-state index is 11.9. The molecule has 18 heavy (non-hydrogen) atoms. The van der Waals surface area contributed by atoms with Gasteiger partial charge in [0.2, 0.25) is 0 Å². The largest absolute Gasteiger partial charge is 0.481 e. The van der Waals surface area contributed by atoms with Crippen LogP contribution in [0.3, 0.4) is 0 Å². The van der Waals surface area contributed by atoms with Crippen molar-refractivity contribution in [1.82, 2.24) is 15.1 Å². The van der Waals surface area contributed by atoms with Crippen molar-refractivity contribution >= 4 is 12.0 Å². The van der Waals surface area contributed by atoms with Gasteiger partial charge >= 0.3 is 12.0 Å². The number of carbonyl (C=O) groups excluding carboxylic acids is 1. The SMILES string of the molecule is CN(C)C1CCN(C(=O)NCC(C)(C)C(=O)O)C1. The Bertz CT molecular complexity index is 329. The van der Waals surface area contributed by atoms with Gasteiger partial charge in [-0.15, -0.1) is 0 Å². The number of hydrogen-bond donors (Lipinski definition) is 2. The molecular formula is C12H23N3O3. The maximum atomic E-state index is 11.9. The number of urea groups is 1. The van der Waals surface area contributed by atoms with Gasteiger partial charge in [-0.05, 0) is 34.4 Å². The molecule has 104 valence electrons. The Morgan fingerprint density at radius 3 is 2.50 bits per heavy atom. The van der Waals surface area contributed by atoms with E-state index in [1.165, 1.54) is 0 Å². The summed E-state index contributed by atoms with van der Waals surface area (Å²) in [5, 5.41) is 11.7. The molecule has 0 aliphatic carbocycles. The molecule has 0 bridgehead atoms. The molecule has 0 aromatic heterocycles. The van der Waals surface area contributed by atoms with Crippen molar-refractivity contribution in [2.75, 3.05) is 33.7 Å². The molecule has 2 N–H and O–H groups in total. The Morgan fingerprint density at radius 2 is 2.06 bits per heavy atom. The van der Waals surface area contributed by atoms with Crippen LogP contribution in [0.15, 0.2) is 0 Å². The summed E-state index contributed by atoms with van der Waals surface area (Å²) in [6.45, 7) is 4.77. The summed E-state index contributed by atoms with van der Waals surface area (Å²) in [6, 6.07) is 0.219. The van der Waals surface area contributed by atoms with Crippen LogP contribution in [0, 0.1) is 5.41 Å². The second kappa shape index (κ2) is 5.56. The van der Waals surface area contributed by atoms with E-state index in [0.717, 1.165) is 13.0 Å². The van der Waals surface area contributed by atoms with Gasteiger partial charge in [-0.1, -0.05) is 0 Å². The molecule has 1 aliphatic heterocycles. The van der Waals surface area contributed by atoms with Crippen LogP contribution in [0.5, 0.6) is 0 Å². The summed E-state index contributed by atoms with van der Waals surface area (Å²) >= 11 is 0. The Balaban J connectivity index is 2.41.